The molecule has 1 aromatic heterocycles. The molecule has 1 aliphatic rings. The van der Waals surface area contributed by atoms with Gasteiger partial charge in [0.05, 0.1) is 32.0 Å². The number of anilines is 1. The monoisotopic (exact) mass is 646 g/mol. The minimum absolute atomic E-state index is 0.0663. The fourth-order valence-electron chi connectivity index (χ4n) is 5.12. The summed E-state index contributed by atoms with van der Waals surface area (Å²) in [5.41, 5.74) is -0.324. The van der Waals surface area contributed by atoms with Gasteiger partial charge >= 0.3 is 6.09 Å². The van der Waals surface area contributed by atoms with Crippen LogP contribution in [0.4, 0.5) is 10.6 Å². The number of hydrogen-bond donors (Lipinski definition) is 3. The largest absolute Gasteiger partial charge is 0.444 e. The Hall–Kier alpha value is -4.71. The molecule has 4 rings (SSSR count). The van der Waals surface area contributed by atoms with Crippen molar-refractivity contribution in [1.29, 1.82) is 0 Å². The van der Waals surface area contributed by atoms with Gasteiger partial charge in [-0.2, -0.15) is 0 Å². The first kappa shape index (κ1) is 35.1. The van der Waals surface area contributed by atoms with E-state index in [-0.39, 0.29) is 37.4 Å². The van der Waals surface area contributed by atoms with Crippen LogP contribution in [0.5, 0.6) is 0 Å². The molecule has 1 unspecified atom stereocenters. The van der Waals surface area contributed by atoms with Crippen molar-refractivity contribution in [1.82, 2.24) is 25.1 Å². The number of imidazole rings is 1. The zero-order valence-corrected chi connectivity index (χ0v) is 27.8. The first-order chi connectivity index (χ1) is 22.3. The third-order valence-electron chi connectivity index (χ3n) is 7.62. The summed E-state index contributed by atoms with van der Waals surface area (Å²) >= 11 is 0. The van der Waals surface area contributed by atoms with Gasteiger partial charge in [-0.05, 0) is 58.6 Å². The third-order valence-corrected chi connectivity index (χ3v) is 7.62. The van der Waals surface area contributed by atoms with Crippen LogP contribution in [0.3, 0.4) is 0 Å². The smallest absolute Gasteiger partial charge is 0.408 e. The van der Waals surface area contributed by atoms with E-state index in [4.69, 9.17) is 9.47 Å². The van der Waals surface area contributed by atoms with Crippen LogP contribution in [-0.2, 0) is 30.5 Å². The van der Waals surface area contributed by atoms with E-state index in [0.717, 1.165) is 37.1 Å². The zero-order chi connectivity index (χ0) is 34.0. The second-order valence-corrected chi connectivity index (χ2v) is 13.2. The Labute approximate surface area is 276 Å². The lowest BCUT2D eigenvalue weighted by Crippen LogP contribution is -2.59. The second kappa shape index (κ2) is 15.7. The van der Waals surface area contributed by atoms with Crippen LogP contribution in [-0.4, -0.2) is 75.1 Å². The van der Waals surface area contributed by atoms with Crippen LogP contribution >= 0.6 is 0 Å². The summed E-state index contributed by atoms with van der Waals surface area (Å²) in [5, 5.41) is 8.06. The van der Waals surface area contributed by atoms with Crippen LogP contribution in [0.15, 0.2) is 73.2 Å². The lowest BCUT2D eigenvalue weighted by molar-refractivity contribution is -0.131. The minimum atomic E-state index is -1.41. The number of amides is 4. The average Bonchev–Trinajstić information content (AvgIpc) is 3.72. The lowest BCUT2D eigenvalue weighted by Gasteiger charge is -2.29. The molecule has 3 aromatic rings. The topological polar surface area (TPSA) is 144 Å². The SMILES string of the molecule is CC(C)(C)OC(=O)NC(C)(C)C(=O)N[C@H](COCc1ccccc1)C(=O)Nc1cn(C(CC(=O)N2CCCC2)c2ccccc2)cn1. The number of alkyl carbamates (subject to hydrolysis) is 1. The Morgan fingerprint density at radius 2 is 1.55 bits per heavy atom. The summed E-state index contributed by atoms with van der Waals surface area (Å²) in [6.07, 6.45) is 4.75. The molecule has 0 spiro atoms. The van der Waals surface area contributed by atoms with E-state index >= 15 is 0 Å². The van der Waals surface area contributed by atoms with Crippen molar-refractivity contribution in [2.45, 2.75) is 83.7 Å². The number of carbonyl (C=O) groups is 4. The Balaban J connectivity index is 1.48. The molecule has 47 heavy (non-hydrogen) atoms. The van der Waals surface area contributed by atoms with Crippen LogP contribution in [0.25, 0.3) is 0 Å². The van der Waals surface area contributed by atoms with Crippen molar-refractivity contribution in [3.05, 3.63) is 84.3 Å². The number of carbonyl (C=O) groups excluding carboxylic acids is 4. The molecule has 2 aromatic carbocycles. The Bertz CT molecular complexity index is 1500. The fourth-order valence-corrected chi connectivity index (χ4v) is 5.12. The van der Waals surface area contributed by atoms with Crippen LogP contribution in [0.1, 0.15) is 71.0 Å². The summed E-state index contributed by atoms with van der Waals surface area (Å²) < 4.78 is 13.0. The van der Waals surface area contributed by atoms with Gasteiger partial charge in [0.1, 0.15) is 17.2 Å². The highest BCUT2D eigenvalue weighted by molar-refractivity contribution is 5.98. The third kappa shape index (κ3) is 10.7. The second-order valence-electron chi connectivity index (χ2n) is 13.2. The van der Waals surface area contributed by atoms with E-state index in [0.29, 0.717) is 0 Å². The Morgan fingerprint density at radius 1 is 0.915 bits per heavy atom. The van der Waals surface area contributed by atoms with Crippen molar-refractivity contribution >= 4 is 29.6 Å². The minimum Gasteiger partial charge on any atom is -0.444 e. The van der Waals surface area contributed by atoms with Crippen LogP contribution < -0.4 is 16.0 Å². The first-order valence-corrected chi connectivity index (χ1v) is 15.9. The lowest BCUT2D eigenvalue weighted by atomic mass is 10.0. The Morgan fingerprint density at radius 3 is 2.19 bits per heavy atom. The maximum atomic E-state index is 13.6. The van der Waals surface area contributed by atoms with Crippen molar-refractivity contribution in [2.24, 2.45) is 0 Å². The number of ether oxygens (including phenoxy) is 2. The number of likely N-dealkylation sites (tertiary alicyclic amines) is 1. The predicted molar refractivity (Wildman–Crippen MR) is 177 cm³/mol. The number of rotatable bonds is 13. The number of aromatic nitrogens is 2. The summed E-state index contributed by atoms with van der Waals surface area (Å²) in [6, 6.07) is 17.7. The number of benzene rings is 2. The van der Waals surface area contributed by atoms with Crippen LogP contribution in [0.2, 0.25) is 0 Å². The summed E-state index contributed by atoms with van der Waals surface area (Å²) in [5.74, 6) is -0.856. The molecule has 12 heteroatoms. The molecule has 1 aliphatic heterocycles. The van der Waals surface area contributed by atoms with E-state index in [1.807, 2.05) is 70.1 Å². The molecular weight excluding hydrogens is 600 g/mol. The molecule has 4 amide bonds. The molecule has 0 radical (unpaired) electrons. The number of hydrogen-bond acceptors (Lipinski definition) is 7. The van der Waals surface area contributed by atoms with Gasteiger partial charge in [-0.3, -0.25) is 14.4 Å². The summed E-state index contributed by atoms with van der Waals surface area (Å²) in [7, 11) is 0. The maximum Gasteiger partial charge on any atom is 0.408 e. The molecule has 0 saturated carbocycles. The molecule has 0 bridgehead atoms. The van der Waals surface area contributed by atoms with Crippen LogP contribution in [0, 0.1) is 0 Å². The fraction of sp³-hybridized carbons (Fsp3) is 0.457. The van der Waals surface area contributed by atoms with Gasteiger partial charge < -0.3 is 34.9 Å². The standard InChI is InChI=1S/C35H46N6O6/c1-34(2,3)47-33(45)39-35(4,5)32(44)37-27(23-46-22-25-14-8-6-9-15-25)31(43)38-29-21-41(24-36-29)28(26-16-10-7-11-17-26)20-30(42)40-18-12-13-19-40/h6-11,14-17,21,24,27-28H,12-13,18-20,22-23H2,1-5H3,(H,37,44)(H,38,43)(H,39,45)/t27-,28?/m1/s1. The molecule has 2 heterocycles. The normalized spacial score (nSPS) is 14.6. The highest BCUT2D eigenvalue weighted by atomic mass is 16.6. The van der Waals surface area contributed by atoms with Gasteiger partial charge in [0.15, 0.2) is 5.82 Å². The van der Waals surface area contributed by atoms with Crippen molar-refractivity contribution in [3.63, 3.8) is 0 Å². The highest BCUT2D eigenvalue weighted by Gasteiger charge is 2.35. The highest BCUT2D eigenvalue weighted by Crippen LogP contribution is 2.25. The van der Waals surface area contributed by atoms with Crippen molar-refractivity contribution in [2.75, 3.05) is 25.0 Å². The van der Waals surface area contributed by atoms with Crippen molar-refractivity contribution < 1.29 is 28.7 Å². The molecule has 1 fully saturated rings. The summed E-state index contributed by atoms with van der Waals surface area (Å²) in [4.78, 5) is 58.8. The van der Waals surface area contributed by atoms with Gasteiger partial charge in [0.2, 0.25) is 11.8 Å². The number of nitrogens with one attached hydrogen (secondary N) is 3. The van der Waals surface area contributed by atoms with E-state index in [1.165, 1.54) is 13.8 Å². The number of nitrogens with zero attached hydrogens (tertiary/aromatic N) is 3. The quantitative estimate of drug-likeness (QED) is 0.249. The van der Waals surface area contributed by atoms with Crippen molar-refractivity contribution in [3.8, 4) is 0 Å². The maximum absolute atomic E-state index is 13.6. The van der Waals surface area contributed by atoms with Gasteiger partial charge in [-0.1, -0.05) is 60.7 Å². The van der Waals surface area contributed by atoms with Gasteiger partial charge in [0, 0.05) is 19.3 Å². The molecule has 1 saturated heterocycles. The zero-order valence-electron chi connectivity index (χ0n) is 27.8. The molecule has 252 valence electrons. The van der Waals surface area contributed by atoms with E-state index < -0.39 is 35.1 Å². The molecule has 12 nitrogen and oxygen atoms in total. The van der Waals surface area contributed by atoms with E-state index in [1.54, 1.807) is 33.3 Å². The Kier molecular flexibility index (Phi) is 11.8. The average molecular weight is 647 g/mol. The van der Waals surface area contributed by atoms with E-state index in [2.05, 4.69) is 20.9 Å². The molecular formula is C35H46N6O6. The molecule has 2 atom stereocenters. The molecule has 3 N–H and O–H groups in total. The predicted octanol–water partition coefficient (Wildman–Crippen LogP) is 4.43. The van der Waals surface area contributed by atoms with Gasteiger partial charge in [0.25, 0.3) is 5.91 Å². The molecule has 0 aliphatic carbocycles. The van der Waals surface area contributed by atoms with Gasteiger partial charge in [-0.25, -0.2) is 9.78 Å². The first-order valence-electron chi connectivity index (χ1n) is 15.9. The van der Waals surface area contributed by atoms with Gasteiger partial charge in [-0.15, -0.1) is 0 Å². The van der Waals surface area contributed by atoms with E-state index in [9.17, 15) is 19.2 Å². The summed E-state index contributed by atoms with van der Waals surface area (Å²) in [6.45, 7) is 9.79.